The molecular weight excluding hydrogens is 587 g/mol. The highest BCUT2D eigenvalue weighted by Crippen LogP contribution is 2.25. The number of benzene rings is 3. The van der Waals surface area contributed by atoms with Crippen LogP contribution in [0.4, 0.5) is 0 Å². The molecule has 0 fully saturated rings. The molecule has 0 saturated carbocycles. The first kappa shape index (κ1) is 25.2. The van der Waals surface area contributed by atoms with E-state index < -0.39 is 8.32 Å². The van der Waals surface area contributed by atoms with Crippen molar-refractivity contribution in [3.8, 4) is 0 Å². The maximum absolute atomic E-state index is 7.46. The average Bonchev–Trinajstić information content (AvgIpc) is 2.86. The second kappa shape index (κ2) is 12.1. The van der Waals surface area contributed by atoms with E-state index in [4.69, 9.17) is 4.43 Å². The van der Waals surface area contributed by atoms with Crippen LogP contribution in [-0.2, 0) is 4.43 Å². The van der Waals surface area contributed by atoms with Crippen LogP contribution in [0.3, 0.4) is 0 Å². The summed E-state index contributed by atoms with van der Waals surface area (Å²) in [5.41, 5.74) is 2.56. The summed E-state index contributed by atoms with van der Waals surface area (Å²) >= 11 is 5.95. The Labute approximate surface area is 216 Å². The molecule has 4 heteroatoms. The lowest BCUT2D eigenvalue weighted by Crippen LogP contribution is -2.70. The number of rotatable bonds is 9. The summed E-state index contributed by atoms with van der Waals surface area (Å²) in [5, 5.41) is 4.65. The quantitative estimate of drug-likeness (QED) is 0.0894. The molecule has 0 spiro atoms. The smallest absolute Gasteiger partial charge is 0.288 e. The van der Waals surface area contributed by atoms with Crippen molar-refractivity contribution in [2.24, 2.45) is 5.92 Å². The highest BCUT2D eigenvalue weighted by Gasteiger charge is 2.44. The molecule has 166 valence electrons. The lowest BCUT2D eigenvalue weighted by molar-refractivity contribution is 0.200. The van der Waals surface area contributed by atoms with Crippen LogP contribution in [0.25, 0.3) is 0 Å². The second-order valence-electron chi connectivity index (χ2n) is 8.18. The van der Waals surface area contributed by atoms with Crippen LogP contribution in [0, 0.1) is 5.92 Å². The van der Waals surface area contributed by atoms with Crippen molar-refractivity contribution in [1.82, 2.24) is 0 Å². The van der Waals surface area contributed by atoms with E-state index in [2.05, 4.69) is 160 Å². The monoisotopic (exact) mass is 616 g/mol. The summed E-state index contributed by atoms with van der Waals surface area (Å²) in [6.07, 6.45) is 2.30. The van der Waals surface area contributed by atoms with E-state index in [1.54, 1.807) is 0 Å². The van der Waals surface area contributed by atoms with E-state index in [-0.39, 0.29) is 12.0 Å². The van der Waals surface area contributed by atoms with Gasteiger partial charge < -0.3 is 4.43 Å². The first-order valence-corrected chi connectivity index (χ1v) is 15.1. The van der Waals surface area contributed by atoms with Gasteiger partial charge in [-0.2, -0.15) is 0 Å². The molecular formula is C28H30BrIOSi. The third-order valence-electron chi connectivity index (χ3n) is 5.70. The molecule has 3 aromatic rings. The van der Waals surface area contributed by atoms with E-state index in [0.29, 0.717) is 0 Å². The lowest BCUT2D eigenvalue weighted by Gasteiger charge is -2.38. The second-order valence-corrected chi connectivity index (χ2v) is 12.7. The van der Waals surface area contributed by atoms with E-state index >= 15 is 0 Å². The minimum absolute atomic E-state index is 0.0341. The van der Waals surface area contributed by atoms with Crippen LogP contribution < -0.4 is 15.6 Å². The lowest BCUT2D eigenvalue weighted by atomic mass is 9.97. The van der Waals surface area contributed by atoms with Crippen LogP contribution >= 0.6 is 38.5 Å². The minimum atomic E-state index is -2.78. The van der Waals surface area contributed by atoms with E-state index in [1.165, 1.54) is 26.7 Å². The van der Waals surface area contributed by atoms with Crippen LogP contribution in [-0.4, -0.2) is 19.8 Å². The van der Waals surface area contributed by atoms with E-state index in [0.717, 1.165) is 5.33 Å². The molecule has 0 bridgehead atoms. The first-order valence-electron chi connectivity index (χ1n) is 10.9. The summed E-state index contributed by atoms with van der Waals surface area (Å²) < 4.78 is 9.63. The largest absolute Gasteiger partial charge is 0.397 e. The predicted molar refractivity (Wildman–Crippen MR) is 153 cm³/mol. The van der Waals surface area contributed by atoms with Crippen molar-refractivity contribution in [2.75, 3.05) is 5.33 Å². The normalized spacial score (nSPS) is 14.8. The van der Waals surface area contributed by atoms with Crippen molar-refractivity contribution in [3.63, 3.8) is 0 Å². The Morgan fingerprint density at radius 3 is 1.59 bits per heavy atom. The van der Waals surface area contributed by atoms with Crippen LogP contribution in [0.2, 0.25) is 0 Å². The van der Waals surface area contributed by atoms with E-state index in [9.17, 15) is 0 Å². The zero-order valence-corrected chi connectivity index (χ0v) is 23.6. The Hall–Kier alpha value is -1.47. The maximum atomic E-state index is 7.46. The van der Waals surface area contributed by atoms with E-state index in [1.807, 2.05) is 0 Å². The molecule has 0 aromatic heterocycles. The van der Waals surface area contributed by atoms with Gasteiger partial charge in [-0.05, 0) is 39.1 Å². The van der Waals surface area contributed by atoms with Crippen LogP contribution in [0.15, 0.2) is 112 Å². The molecule has 3 aromatic carbocycles. The first-order chi connectivity index (χ1) is 15.5. The van der Waals surface area contributed by atoms with Crippen LogP contribution in [0.5, 0.6) is 0 Å². The Morgan fingerprint density at radius 1 is 0.844 bits per heavy atom. The van der Waals surface area contributed by atoms with Gasteiger partial charge in [-0.15, -0.1) is 0 Å². The van der Waals surface area contributed by atoms with Crippen molar-refractivity contribution in [3.05, 3.63) is 112 Å². The fraction of sp³-hybridized carbons (Fsp3) is 0.214. The van der Waals surface area contributed by atoms with Gasteiger partial charge in [0.15, 0.2) is 0 Å². The Bertz CT molecular complexity index is 938. The summed E-state index contributed by atoms with van der Waals surface area (Å²) in [4.78, 5) is 0. The fourth-order valence-corrected chi connectivity index (χ4v) is 8.89. The summed E-state index contributed by atoms with van der Waals surface area (Å²) in [5.74, 6) is 0.238. The maximum Gasteiger partial charge on any atom is 0.288 e. The molecule has 0 saturated heterocycles. The van der Waals surface area contributed by atoms with Gasteiger partial charge >= 0.3 is 0 Å². The number of allylic oxidation sites excluding steroid dienone is 1. The summed E-state index contributed by atoms with van der Waals surface area (Å²) in [6, 6.07) is 32.4. The Morgan fingerprint density at radius 2 is 1.25 bits per heavy atom. The van der Waals surface area contributed by atoms with Gasteiger partial charge in [0.05, 0.1) is 6.10 Å². The molecule has 0 aliphatic rings. The van der Waals surface area contributed by atoms with Gasteiger partial charge in [0, 0.05) is 11.2 Å². The predicted octanol–water partition coefficient (Wildman–Crippen LogP) is 6.35. The molecule has 0 radical (unpaired) electrons. The molecule has 1 nitrogen and oxygen atoms in total. The van der Waals surface area contributed by atoms with Gasteiger partial charge in [-0.1, -0.05) is 148 Å². The SMILES string of the molecule is C/C(=C\[C@@H](C)[C@@H](O[Si](c1ccccc1)(c1ccccc1)c1ccccc1)/C(C)=C/I)CBr. The topological polar surface area (TPSA) is 9.23 Å². The molecule has 3 rings (SSSR count). The zero-order chi connectivity index (χ0) is 23.0. The Kier molecular flexibility index (Phi) is 9.53. The zero-order valence-electron chi connectivity index (χ0n) is 18.8. The summed E-state index contributed by atoms with van der Waals surface area (Å²) in [7, 11) is -2.78. The van der Waals surface area contributed by atoms with Crippen LogP contribution in [0.1, 0.15) is 20.8 Å². The highest BCUT2D eigenvalue weighted by molar-refractivity contribution is 14.1. The number of halogens is 2. The third-order valence-corrected chi connectivity index (χ3v) is 11.6. The van der Waals surface area contributed by atoms with Gasteiger partial charge in [-0.3, -0.25) is 0 Å². The fourth-order valence-electron chi connectivity index (χ4n) is 4.17. The minimum Gasteiger partial charge on any atom is -0.397 e. The molecule has 2 atom stereocenters. The molecule has 0 aliphatic heterocycles. The molecule has 32 heavy (non-hydrogen) atoms. The molecule has 0 unspecified atom stereocenters. The van der Waals surface area contributed by atoms with Gasteiger partial charge in [-0.25, -0.2) is 0 Å². The van der Waals surface area contributed by atoms with Gasteiger partial charge in [0.2, 0.25) is 0 Å². The molecule has 0 amide bonds. The molecule has 0 aliphatic carbocycles. The standard InChI is InChI=1S/C28H30BrIOSi/c1-22(20-29)19-23(2)28(24(3)21-30)31-32(25-13-7-4-8-14-25,26-15-9-5-10-16-26)27-17-11-6-12-18-27/h4-19,21,23,28H,20H2,1-3H3/b22-19+,24-21+/t23-,28-/m1/s1. The van der Waals surface area contributed by atoms with Crippen molar-refractivity contribution in [1.29, 1.82) is 0 Å². The molecule has 0 N–H and O–H groups in total. The highest BCUT2D eigenvalue weighted by atomic mass is 127. The molecule has 0 heterocycles. The number of hydrogen-bond donors (Lipinski definition) is 0. The van der Waals surface area contributed by atoms with Crippen molar-refractivity contribution >= 4 is 62.4 Å². The summed E-state index contributed by atoms with van der Waals surface area (Å²) in [6.45, 7) is 6.62. The number of alkyl halides is 1. The van der Waals surface area contributed by atoms with Crippen molar-refractivity contribution < 1.29 is 4.43 Å². The van der Waals surface area contributed by atoms with Gasteiger partial charge in [0.25, 0.3) is 8.32 Å². The average molecular weight is 617 g/mol. The Balaban J connectivity index is 2.28. The third kappa shape index (κ3) is 5.71. The van der Waals surface area contributed by atoms with Gasteiger partial charge in [0.1, 0.15) is 0 Å². The van der Waals surface area contributed by atoms with Crippen molar-refractivity contribution in [2.45, 2.75) is 26.9 Å². The number of hydrogen-bond acceptors (Lipinski definition) is 1.